The minimum absolute atomic E-state index is 0.206. The number of aromatic nitrogens is 2. The Hall–Kier alpha value is -2.50. The zero-order valence-electron chi connectivity index (χ0n) is 15.1. The molecule has 2 N–H and O–H groups in total. The van der Waals surface area contributed by atoms with Gasteiger partial charge in [-0.25, -0.2) is 9.48 Å². The Balaban J connectivity index is 1.55. The Morgan fingerprint density at radius 3 is 2.88 bits per heavy atom. The third-order valence-electron chi connectivity index (χ3n) is 4.77. The minimum atomic E-state index is -0.206. The molecule has 2 aromatic rings. The maximum absolute atomic E-state index is 12.3. The van der Waals surface area contributed by atoms with Crippen LogP contribution in [0.3, 0.4) is 0 Å². The number of aryl methyl sites for hydroxylation is 1. The average Bonchev–Trinajstić information content (AvgIpc) is 3.40. The van der Waals surface area contributed by atoms with E-state index < -0.39 is 0 Å². The molecule has 1 aromatic heterocycles. The zero-order chi connectivity index (χ0) is 17.8. The van der Waals surface area contributed by atoms with Crippen LogP contribution in [0, 0.1) is 12.8 Å². The summed E-state index contributed by atoms with van der Waals surface area (Å²) in [5.74, 6) is 2.31. The molecule has 0 unspecified atom stereocenters. The van der Waals surface area contributed by atoms with E-state index in [1.54, 1.807) is 7.11 Å². The smallest absolute Gasteiger partial charge is 0.320 e. The van der Waals surface area contributed by atoms with Crippen LogP contribution in [-0.2, 0) is 6.42 Å². The van der Waals surface area contributed by atoms with Gasteiger partial charge in [0.05, 0.1) is 19.3 Å². The maximum Gasteiger partial charge on any atom is 0.320 e. The van der Waals surface area contributed by atoms with Crippen LogP contribution in [-0.4, -0.2) is 29.5 Å². The van der Waals surface area contributed by atoms with E-state index in [-0.39, 0.29) is 6.03 Å². The Morgan fingerprint density at radius 1 is 1.40 bits per heavy atom. The largest absolute Gasteiger partial charge is 0.496 e. The van der Waals surface area contributed by atoms with E-state index in [1.807, 2.05) is 42.1 Å². The van der Waals surface area contributed by atoms with Crippen LogP contribution in [0.25, 0.3) is 0 Å². The highest BCUT2D eigenvalue weighted by Gasteiger charge is 2.31. The topological polar surface area (TPSA) is 68.2 Å². The number of benzene rings is 1. The summed E-state index contributed by atoms with van der Waals surface area (Å²) in [6, 6.07) is 7.96. The van der Waals surface area contributed by atoms with E-state index in [2.05, 4.69) is 22.7 Å². The number of nitrogens with zero attached hydrogens (tertiary/aromatic N) is 2. The van der Waals surface area contributed by atoms with Crippen molar-refractivity contribution in [2.24, 2.45) is 5.92 Å². The second kappa shape index (κ2) is 7.59. The number of rotatable bonds is 7. The van der Waals surface area contributed by atoms with Gasteiger partial charge in [0, 0.05) is 12.1 Å². The van der Waals surface area contributed by atoms with Gasteiger partial charge < -0.3 is 10.1 Å². The van der Waals surface area contributed by atoms with Gasteiger partial charge in [-0.2, -0.15) is 5.10 Å². The second-order valence-electron chi connectivity index (χ2n) is 6.64. The summed E-state index contributed by atoms with van der Waals surface area (Å²) in [7, 11) is 1.66. The van der Waals surface area contributed by atoms with Crippen molar-refractivity contribution >= 4 is 11.8 Å². The highest BCUT2D eigenvalue weighted by atomic mass is 16.5. The number of carbonyl (C=O) groups excluding carboxylic acids is 1. The number of carbonyl (C=O) groups is 1. The molecule has 1 aliphatic carbocycles. The van der Waals surface area contributed by atoms with E-state index in [9.17, 15) is 4.79 Å². The fraction of sp³-hybridized carbons (Fsp3) is 0.474. The van der Waals surface area contributed by atoms with Crippen LogP contribution in [0.1, 0.15) is 36.9 Å². The molecule has 6 heteroatoms. The van der Waals surface area contributed by atoms with Gasteiger partial charge in [-0.15, -0.1) is 0 Å². The number of amides is 2. The number of para-hydroxylation sites is 1. The predicted octanol–water partition coefficient (Wildman–Crippen LogP) is 3.54. The first kappa shape index (κ1) is 17.3. The van der Waals surface area contributed by atoms with Crippen molar-refractivity contribution in [2.75, 3.05) is 19.0 Å². The number of urea groups is 1. The molecular formula is C19H26N4O2. The molecule has 0 saturated heterocycles. The number of methoxy groups -OCH3 is 1. The summed E-state index contributed by atoms with van der Waals surface area (Å²) in [6.07, 6.45) is 5.01. The molecule has 1 fully saturated rings. The first-order chi connectivity index (χ1) is 12.1. The average molecular weight is 342 g/mol. The van der Waals surface area contributed by atoms with Gasteiger partial charge in [0.15, 0.2) is 0 Å². The Morgan fingerprint density at radius 2 is 2.16 bits per heavy atom. The first-order valence-electron chi connectivity index (χ1n) is 8.81. The van der Waals surface area contributed by atoms with E-state index >= 15 is 0 Å². The number of hydrogen-bond donors (Lipinski definition) is 2. The van der Waals surface area contributed by atoms with Crippen LogP contribution < -0.4 is 15.4 Å². The molecule has 2 amide bonds. The van der Waals surface area contributed by atoms with Gasteiger partial charge >= 0.3 is 6.03 Å². The lowest BCUT2D eigenvalue weighted by molar-refractivity contribution is 0.252. The van der Waals surface area contributed by atoms with Gasteiger partial charge in [-0.05, 0) is 50.7 Å². The van der Waals surface area contributed by atoms with Gasteiger partial charge in [-0.3, -0.25) is 5.32 Å². The normalized spacial score (nSPS) is 14.8. The zero-order valence-corrected chi connectivity index (χ0v) is 15.1. The Labute approximate surface area is 148 Å². The lowest BCUT2D eigenvalue weighted by Crippen LogP contribution is -2.32. The number of hydrogen-bond acceptors (Lipinski definition) is 3. The monoisotopic (exact) mass is 342 g/mol. The van der Waals surface area contributed by atoms with Crippen molar-refractivity contribution < 1.29 is 9.53 Å². The summed E-state index contributed by atoms with van der Waals surface area (Å²) in [6.45, 7) is 4.67. The van der Waals surface area contributed by atoms with Gasteiger partial charge in [0.25, 0.3) is 0 Å². The van der Waals surface area contributed by atoms with Crippen LogP contribution in [0.4, 0.5) is 10.6 Å². The van der Waals surface area contributed by atoms with Crippen LogP contribution in [0.2, 0.25) is 0 Å². The predicted molar refractivity (Wildman–Crippen MR) is 98.1 cm³/mol. The molecule has 1 heterocycles. The summed E-state index contributed by atoms with van der Waals surface area (Å²) in [4.78, 5) is 12.3. The third kappa shape index (κ3) is 4.13. The molecule has 0 bridgehead atoms. The van der Waals surface area contributed by atoms with Gasteiger partial charge in [0.1, 0.15) is 11.6 Å². The molecule has 1 saturated carbocycles. The minimum Gasteiger partial charge on any atom is -0.496 e. The first-order valence-corrected chi connectivity index (χ1v) is 8.81. The molecular weight excluding hydrogens is 316 g/mol. The van der Waals surface area contributed by atoms with Crippen LogP contribution in [0.15, 0.2) is 30.5 Å². The molecule has 3 rings (SSSR count). The molecule has 6 nitrogen and oxygen atoms in total. The lowest BCUT2D eigenvalue weighted by Gasteiger charge is -2.16. The standard InChI is InChI=1S/C19H26N4O2/c1-13-12-21-23(14(2)15-8-9-15)18(13)22-19(24)20-11-10-16-6-4-5-7-17(16)25-3/h4-7,12,14-15H,8-11H2,1-3H3,(H2,20,22,24)/t14-/m1/s1. The van der Waals surface area contributed by atoms with E-state index in [0.29, 0.717) is 24.9 Å². The molecule has 25 heavy (non-hydrogen) atoms. The Kier molecular flexibility index (Phi) is 5.26. The quantitative estimate of drug-likeness (QED) is 0.809. The molecule has 1 aliphatic rings. The molecule has 0 spiro atoms. The van der Waals surface area contributed by atoms with Gasteiger partial charge in [0.2, 0.25) is 0 Å². The van der Waals surface area contributed by atoms with Crippen LogP contribution >= 0.6 is 0 Å². The maximum atomic E-state index is 12.3. The molecule has 0 radical (unpaired) electrons. The third-order valence-corrected chi connectivity index (χ3v) is 4.77. The summed E-state index contributed by atoms with van der Waals surface area (Å²) in [5, 5.41) is 10.3. The van der Waals surface area contributed by atoms with Crippen molar-refractivity contribution in [1.29, 1.82) is 0 Å². The molecule has 1 atom stereocenters. The van der Waals surface area contributed by atoms with Crippen molar-refractivity contribution in [1.82, 2.24) is 15.1 Å². The van der Waals surface area contributed by atoms with Crippen molar-refractivity contribution in [2.45, 2.75) is 39.2 Å². The summed E-state index contributed by atoms with van der Waals surface area (Å²) in [5.41, 5.74) is 2.06. The van der Waals surface area contributed by atoms with E-state index in [0.717, 1.165) is 22.7 Å². The number of nitrogens with one attached hydrogen (secondary N) is 2. The highest BCUT2D eigenvalue weighted by molar-refractivity contribution is 5.89. The van der Waals surface area contributed by atoms with Crippen molar-refractivity contribution in [3.05, 3.63) is 41.6 Å². The number of ether oxygens (including phenoxy) is 1. The number of anilines is 1. The van der Waals surface area contributed by atoms with E-state index in [1.165, 1.54) is 12.8 Å². The molecule has 0 aliphatic heterocycles. The van der Waals surface area contributed by atoms with Gasteiger partial charge in [-0.1, -0.05) is 18.2 Å². The second-order valence-corrected chi connectivity index (χ2v) is 6.64. The summed E-state index contributed by atoms with van der Waals surface area (Å²) < 4.78 is 7.27. The molecule has 134 valence electrons. The lowest BCUT2D eigenvalue weighted by atomic mass is 10.1. The van der Waals surface area contributed by atoms with E-state index in [4.69, 9.17) is 4.74 Å². The SMILES string of the molecule is COc1ccccc1CCNC(=O)Nc1c(C)cnn1[C@H](C)C1CC1. The van der Waals surface area contributed by atoms with Crippen molar-refractivity contribution in [3.8, 4) is 5.75 Å². The highest BCUT2D eigenvalue weighted by Crippen LogP contribution is 2.40. The fourth-order valence-electron chi connectivity index (χ4n) is 3.06. The fourth-order valence-corrected chi connectivity index (χ4v) is 3.06. The van der Waals surface area contributed by atoms with Crippen molar-refractivity contribution in [3.63, 3.8) is 0 Å². The van der Waals surface area contributed by atoms with Crippen LogP contribution in [0.5, 0.6) is 5.75 Å². The summed E-state index contributed by atoms with van der Waals surface area (Å²) >= 11 is 0. The molecule has 1 aromatic carbocycles. The Bertz CT molecular complexity index is 737.